The Bertz CT molecular complexity index is 1780. The molecular formula is C39H40N4O5. The number of benzene rings is 4. The van der Waals surface area contributed by atoms with Gasteiger partial charge in [0.05, 0.1) is 19.0 Å². The summed E-state index contributed by atoms with van der Waals surface area (Å²) in [4.78, 5) is 32.1. The molecule has 0 unspecified atom stereocenters. The highest BCUT2D eigenvalue weighted by atomic mass is 16.5. The van der Waals surface area contributed by atoms with Crippen molar-refractivity contribution in [3.8, 4) is 11.5 Å². The minimum atomic E-state index is -0.381. The molecule has 1 saturated heterocycles. The molecule has 2 heterocycles. The number of carbonyl (C=O) groups is 2. The standard InChI is InChI=1S/C39H40N4O5/c44-31-26-34(33-12-7-13-37(35(33)27-31)47-25-24-43-22-18-40-28-43)36(45)14-15-38(46)41-19-23-42-20-16-32(17-21-42)48-39(29-8-3-1-4-9-29)30-10-5-2-6-11-30/h1-15,18,22,26-28,32,39,44H,16-17,19-21,23-25H2,(H,41,46). The molecule has 0 spiro atoms. The molecule has 246 valence electrons. The van der Waals surface area contributed by atoms with Crippen molar-refractivity contribution in [3.63, 3.8) is 0 Å². The molecular weight excluding hydrogens is 604 g/mol. The molecule has 0 bridgehead atoms. The number of rotatable bonds is 14. The van der Waals surface area contributed by atoms with Crippen LogP contribution in [-0.4, -0.2) is 70.1 Å². The number of ketones is 1. The summed E-state index contributed by atoms with van der Waals surface area (Å²) in [6.45, 7) is 3.94. The molecule has 2 N–H and O–H groups in total. The fourth-order valence-electron chi connectivity index (χ4n) is 6.06. The van der Waals surface area contributed by atoms with Crippen molar-refractivity contribution in [1.82, 2.24) is 19.8 Å². The van der Waals surface area contributed by atoms with Gasteiger partial charge in [-0.3, -0.25) is 9.59 Å². The van der Waals surface area contributed by atoms with Gasteiger partial charge in [0, 0.05) is 55.6 Å². The molecule has 0 aliphatic carbocycles. The van der Waals surface area contributed by atoms with Gasteiger partial charge in [0.1, 0.15) is 24.2 Å². The van der Waals surface area contributed by atoms with Crippen LogP contribution in [0.15, 0.2) is 122 Å². The van der Waals surface area contributed by atoms with E-state index in [0.717, 1.165) is 37.1 Å². The summed E-state index contributed by atoms with van der Waals surface area (Å²) in [5, 5.41) is 14.5. The van der Waals surface area contributed by atoms with Crippen molar-refractivity contribution in [2.45, 2.75) is 31.6 Å². The largest absolute Gasteiger partial charge is 0.508 e. The van der Waals surface area contributed by atoms with E-state index in [0.29, 0.717) is 48.3 Å². The third kappa shape index (κ3) is 8.56. The average Bonchev–Trinajstić information content (AvgIpc) is 3.64. The van der Waals surface area contributed by atoms with Gasteiger partial charge in [-0.15, -0.1) is 0 Å². The molecule has 0 saturated carbocycles. The molecule has 0 radical (unpaired) electrons. The summed E-state index contributed by atoms with van der Waals surface area (Å²) < 4.78 is 14.5. The van der Waals surface area contributed by atoms with Crippen LogP contribution in [-0.2, 0) is 16.1 Å². The number of imidazole rings is 1. The van der Waals surface area contributed by atoms with Crippen LogP contribution in [0.4, 0.5) is 0 Å². The summed E-state index contributed by atoms with van der Waals surface area (Å²) in [6.07, 6.45) is 9.62. The number of phenolic OH excluding ortho intramolecular Hbond substituents is 1. The lowest BCUT2D eigenvalue weighted by molar-refractivity contribution is -0.116. The fourth-order valence-corrected chi connectivity index (χ4v) is 6.06. The van der Waals surface area contributed by atoms with Crippen molar-refractivity contribution in [3.05, 3.63) is 139 Å². The highest BCUT2D eigenvalue weighted by molar-refractivity contribution is 6.16. The second-order valence-electron chi connectivity index (χ2n) is 11.9. The van der Waals surface area contributed by atoms with Crippen molar-refractivity contribution in [2.24, 2.45) is 0 Å². The number of hydrogen-bond acceptors (Lipinski definition) is 7. The van der Waals surface area contributed by atoms with Crippen molar-refractivity contribution < 1.29 is 24.2 Å². The first-order valence-corrected chi connectivity index (χ1v) is 16.4. The highest BCUT2D eigenvalue weighted by Gasteiger charge is 2.24. The number of phenols is 1. The van der Waals surface area contributed by atoms with Crippen LogP contribution in [0.1, 0.15) is 40.4 Å². The maximum Gasteiger partial charge on any atom is 0.244 e. The normalized spacial score (nSPS) is 14.1. The van der Waals surface area contributed by atoms with Crippen LogP contribution in [0.2, 0.25) is 0 Å². The molecule has 6 rings (SSSR count). The van der Waals surface area contributed by atoms with E-state index in [1.807, 2.05) is 47.2 Å². The number of likely N-dealkylation sites (tertiary alicyclic amines) is 1. The number of aromatic nitrogens is 2. The first-order valence-electron chi connectivity index (χ1n) is 16.4. The van der Waals surface area contributed by atoms with Gasteiger partial charge in [0.25, 0.3) is 0 Å². The smallest absolute Gasteiger partial charge is 0.244 e. The summed E-state index contributed by atoms with van der Waals surface area (Å²) in [5.41, 5.74) is 2.59. The molecule has 48 heavy (non-hydrogen) atoms. The number of ether oxygens (including phenoxy) is 2. The van der Waals surface area contributed by atoms with Crippen molar-refractivity contribution >= 4 is 22.5 Å². The molecule has 1 fully saturated rings. The number of fused-ring (bicyclic) bond motifs is 1. The maximum atomic E-state index is 13.2. The van der Waals surface area contributed by atoms with E-state index in [1.165, 1.54) is 18.2 Å². The van der Waals surface area contributed by atoms with Gasteiger partial charge < -0.3 is 29.4 Å². The number of piperidine rings is 1. The molecule has 5 aromatic rings. The van der Waals surface area contributed by atoms with Gasteiger partial charge >= 0.3 is 0 Å². The summed E-state index contributed by atoms with van der Waals surface area (Å²) in [6, 6.07) is 29.1. The SMILES string of the molecule is O=C(C=CC(=O)c1cc(O)cc2c(OCCn3ccnc3)cccc12)NCCN1CCC(OC(c2ccccc2)c2ccccc2)CC1. The molecule has 0 atom stereocenters. The minimum absolute atomic E-state index is 0.0563. The summed E-state index contributed by atoms with van der Waals surface area (Å²) in [7, 11) is 0. The van der Waals surface area contributed by atoms with E-state index in [2.05, 4.69) is 39.5 Å². The zero-order valence-electron chi connectivity index (χ0n) is 26.8. The zero-order chi connectivity index (χ0) is 33.1. The molecule has 1 aromatic heterocycles. The first kappa shape index (κ1) is 32.7. The summed E-state index contributed by atoms with van der Waals surface area (Å²) >= 11 is 0. The van der Waals surface area contributed by atoms with Gasteiger partial charge in [-0.25, -0.2) is 4.98 Å². The molecule has 9 heteroatoms. The van der Waals surface area contributed by atoms with Gasteiger partial charge in [-0.05, 0) is 53.6 Å². The Hall–Kier alpha value is -5.25. The first-order chi connectivity index (χ1) is 23.5. The Kier molecular flexibility index (Phi) is 10.9. The predicted molar refractivity (Wildman–Crippen MR) is 185 cm³/mol. The highest BCUT2D eigenvalue weighted by Crippen LogP contribution is 2.33. The minimum Gasteiger partial charge on any atom is -0.508 e. The van der Waals surface area contributed by atoms with Crippen LogP contribution in [0.3, 0.4) is 0 Å². The lowest BCUT2D eigenvalue weighted by atomic mass is 10.00. The quantitative estimate of drug-likeness (QED) is 0.114. The number of amides is 1. The van der Waals surface area contributed by atoms with Gasteiger partial charge in [-0.2, -0.15) is 0 Å². The molecule has 1 aliphatic heterocycles. The van der Waals surface area contributed by atoms with E-state index in [-0.39, 0.29) is 29.6 Å². The number of aromatic hydroxyl groups is 1. The van der Waals surface area contributed by atoms with Crippen molar-refractivity contribution in [2.75, 3.05) is 32.8 Å². The molecule has 4 aromatic carbocycles. The van der Waals surface area contributed by atoms with E-state index in [9.17, 15) is 14.7 Å². The van der Waals surface area contributed by atoms with E-state index < -0.39 is 0 Å². The second-order valence-corrected chi connectivity index (χ2v) is 11.9. The number of nitrogens with one attached hydrogen (secondary N) is 1. The zero-order valence-corrected chi connectivity index (χ0v) is 26.8. The Morgan fingerprint density at radius 1 is 0.896 bits per heavy atom. The Morgan fingerprint density at radius 3 is 2.31 bits per heavy atom. The number of nitrogens with zero attached hydrogens (tertiary/aromatic N) is 3. The second kappa shape index (κ2) is 16.0. The third-order valence-electron chi connectivity index (χ3n) is 8.55. The van der Waals surface area contributed by atoms with Gasteiger partial charge in [0.15, 0.2) is 5.78 Å². The third-order valence-corrected chi connectivity index (χ3v) is 8.55. The van der Waals surface area contributed by atoms with Crippen LogP contribution in [0.25, 0.3) is 10.8 Å². The van der Waals surface area contributed by atoms with Crippen LogP contribution in [0.5, 0.6) is 11.5 Å². The number of hydrogen-bond donors (Lipinski definition) is 2. The Labute approximate surface area is 280 Å². The fraction of sp³-hybridized carbons (Fsp3) is 0.256. The summed E-state index contributed by atoms with van der Waals surface area (Å²) in [5.74, 6) is -0.225. The van der Waals surface area contributed by atoms with Crippen molar-refractivity contribution in [1.29, 1.82) is 0 Å². The Morgan fingerprint density at radius 2 is 1.62 bits per heavy atom. The van der Waals surface area contributed by atoms with Gasteiger partial charge in [0.2, 0.25) is 5.91 Å². The van der Waals surface area contributed by atoms with Crippen LogP contribution >= 0.6 is 0 Å². The topological polar surface area (TPSA) is 106 Å². The molecule has 1 aliphatic rings. The lowest BCUT2D eigenvalue weighted by Crippen LogP contribution is -2.41. The number of allylic oxidation sites excluding steroid dienone is 1. The maximum absolute atomic E-state index is 13.2. The monoisotopic (exact) mass is 644 g/mol. The van der Waals surface area contributed by atoms with Crippen LogP contribution in [0, 0.1) is 0 Å². The average molecular weight is 645 g/mol. The van der Waals surface area contributed by atoms with E-state index in [4.69, 9.17) is 9.47 Å². The Balaban J connectivity index is 0.974. The predicted octanol–water partition coefficient (Wildman–Crippen LogP) is 5.95. The van der Waals surface area contributed by atoms with E-state index in [1.54, 1.807) is 36.8 Å². The number of carbonyl (C=O) groups excluding carboxylic acids is 2. The van der Waals surface area contributed by atoms with E-state index >= 15 is 0 Å². The molecule has 1 amide bonds. The van der Waals surface area contributed by atoms with Crippen LogP contribution < -0.4 is 10.1 Å². The van der Waals surface area contributed by atoms with Gasteiger partial charge in [-0.1, -0.05) is 72.8 Å². The molecule has 9 nitrogen and oxygen atoms in total. The lowest BCUT2D eigenvalue weighted by Gasteiger charge is -2.34.